The van der Waals surface area contributed by atoms with E-state index < -0.39 is 30.3 Å². The summed E-state index contributed by atoms with van der Waals surface area (Å²) in [5.41, 5.74) is -1.12. The van der Waals surface area contributed by atoms with Crippen LogP contribution in [0.3, 0.4) is 0 Å². The molecule has 1 aromatic rings. The van der Waals surface area contributed by atoms with Crippen molar-refractivity contribution < 1.29 is 27.1 Å². The molecule has 1 atom stereocenters. The molecule has 3 nitrogen and oxygen atoms in total. The Morgan fingerprint density at radius 2 is 1.74 bits per heavy atom. The van der Waals surface area contributed by atoms with Gasteiger partial charge in [0.1, 0.15) is 12.6 Å². The molecule has 1 saturated heterocycles. The number of aliphatic hydroxyl groups excluding tert-OH is 1. The predicted octanol–water partition coefficient (Wildman–Crippen LogP) is 2.70. The van der Waals surface area contributed by atoms with Crippen LogP contribution in [0, 0.1) is 0 Å². The van der Waals surface area contributed by atoms with Gasteiger partial charge in [-0.15, -0.1) is 12.4 Å². The summed E-state index contributed by atoms with van der Waals surface area (Å²) in [7, 11) is 0. The topological polar surface area (TPSA) is 35.5 Å². The Labute approximate surface area is 136 Å². The molecule has 1 fully saturated rings. The normalized spacial score (nSPS) is 18.3. The number of halogens is 6. The van der Waals surface area contributed by atoms with E-state index in [2.05, 4.69) is 5.32 Å². The zero-order valence-electron chi connectivity index (χ0n) is 12.1. The average molecular weight is 361 g/mol. The number of rotatable bonds is 4. The number of benzene rings is 1. The highest BCUT2D eigenvalue weighted by Crippen LogP contribution is 2.38. The van der Waals surface area contributed by atoms with Crippen LogP contribution < -0.4 is 5.32 Å². The van der Waals surface area contributed by atoms with Crippen molar-refractivity contribution in [3.8, 4) is 0 Å². The van der Waals surface area contributed by atoms with Gasteiger partial charge < -0.3 is 10.4 Å². The maximum absolute atomic E-state index is 14.1. The summed E-state index contributed by atoms with van der Waals surface area (Å²) in [6.45, 7) is 0.0682. The van der Waals surface area contributed by atoms with Gasteiger partial charge >= 0.3 is 6.18 Å². The highest BCUT2D eigenvalue weighted by molar-refractivity contribution is 5.85. The Hall–Kier alpha value is -0.960. The van der Waals surface area contributed by atoms with Crippen LogP contribution >= 0.6 is 12.4 Å². The SMILES string of the molecule is Cl.OCC(F)(F)[C@@H](c1cccc(C(F)(F)F)c1)N1CCNCC1. The van der Waals surface area contributed by atoms with Gasteiger partial charge in [-0.1, -0.05) is 12.1 Å². The lowest BCUT2D eigenvalue weighted by atomic mass is 9.96. The second-order valence-corrected chi connectivity index (χ2v) is 5.23. The molecule has 0 radical (unpaired) electrons. The molecule has 0 bridgehead atoms. The summed E-state index contributed by atoms with van der Waals surface area (Å²) in [6.07, 6.45) is -4.60. The molecule has 1 aliphatic rings. The summed E-state index contributed by atoms with van der Waals surface area (Å²) >= 11 is 0. The summed E-state index contributed by atoms with van der Waals surface area (Å²) in [5, 5.41) is 12.0. The van der Waals surface area contributed by atoms with Crippen molar-refractivity contribution >= 4 is 12.4 Å². The molecule has 0 spiro atoms. The van der Waals surface area contributed by atoms with E-state index in [4.69, 9.17) is 5.11 Å². The van der Waals surface area contributed by atoms with Crippen molar-refractivity contribution in [3.05, 3.63) is 35.4 Å². The monoisotopic (exact) mass is 360 g/mol. The van der Waals surface area contributed by atoms with Gasteiger partial charge in [-0.2, -0.15) is 13.2 Å². The number of aliphatic hydroxyl groups is 1. The second kappa shape index (κ2) is 7.74. The number of hydrogen-bond donors (Lipinski definition) is 2. The van der Waals surface area contributed by atoms with E-state index >= 15 is 0 Å². The molecular weight excluding hydrogens is 343 g/mol. The van der Waals surface area contributed by atoms with Gasteiger partial charge in [-0.05, 0) is 17.7 Å². The first kappa shape index (κ1) is 20.1. The van der Waals surface area contributed by atoms with Crippen LogP contribution in [0.4, 0.5) is 22.0 Å². The van der Waals surface area contributed by atoms with Crippen molar-refractivity contribution in [2.75, 3.05) is 32.8 Å². The van der Waals surface area contributed by atoms with E-state index in [0.717, 1.165) is 18.2 Å². The van der Waals surface area contributed by atoms with Gasteiger partial charge in [-0.25, -0.2) is 8.78 Å². The zero-order valence-corrected chi connectivity index (χ0v) is 12.9. The number of nitrogens with one attached hydrogen (secondary N) is 1. The van der Waals surface area contributed by atoms with E-state index in [0.29, 0.717) is 13.1 Å². The minimum absolute atomic E-state index is 0. The van der Waals surface area contributed by atoms with Crippen LogP contribution in [0.25, 0.3) is 0 Å². The van der Waals surface area contributed by atoms with Crippen LogP contribution in [-0.4, -0.2) is 48.7 Å². The Bertz CT molecular complexity index is 506. The molecule has 0 saturated carbocycles. The summed E-state index contributed by atoms with van der Waals surface area (Å²) in [4.78, 5) is 1.40. The molecule has 1 heterocycles. The predicted molar refractivity (Wildman–Crippen MR) is 77.9 cm³/mol. The lowest BCUT2D eigenvalue weighted by Crippen LogP contribution is -2.51. The molecule has 23 heavy (non-hydrogen) atoms. The lowest BCUT2D eigenvalue weighted by Gasteiger charge is -2.38. The Kier molecular flexibility index (Phi) is 6.76. The molecule has 9 heteroatoms. The van der Waals surface area contributed by atoms with Gasteiger partial charge in [0.05, 0.1) is 5.56 Å². The Balaban J connectivity index is 0.00000264. The average Bonchev–Trinajstić information content (AvgIpc) is 2.48. The van der Waals surface area contributed by atoms with Crippen molar-refractivity contribution in [2.24, 2.45) is 0 Å². The minimum Gasteiger partial charge on any atom is -0.390 e. The standard InChI is InChI=1S/C14H17F5N2O.ClH/c15-13(16,9-22)12(21-6-4-20-5-7-21)10-2-1-3-11(8-10)14(17,18)19;/h1-3,8,12,20,22H,4-7,9H2;1H/t12-;/m1./s1. The Morgan fingerprint density at radius 1 is 1.13 bits per heavy atom. The summed E-state index contributed by atoms with van der Waals surface area (Å²) < 4.78 is 66.6. The van der Waals surface area contributed by atoms with Gasteiger partial charge in [0.2, 0.25) is 0 Å². The van der Waals surface area contributed by atoms with Gasteiger partial charge in [0.25, 0.3) is 5.92 Å². The molecule has 1 aliphatic heterocycles. The van der Waals surface area contributed by atoms with Crippen molar-refractivity contribution in [1.29, 1.82) is 0 Å². The zero-order chi connectivity index (χ0) is 16.4. The first-order valence-corrected chi connectivity index (χ1v) is 6.86. The maximum Gasteiger partial charge on any atom is 0.416 e. The second-order valence-electron chi connectivity index (χ2n) is 5.23. The first-order chi connectivity index (χ1) is 10.3. The van der Waals surface area contributed by atoms with Gasteiger partial charge in [0.15, 0.2) is 0 Å². The van der Waals surface area contributed by atoms with Crippen LogP contribution in [-0.2, 0) is 6.18 Å². The molecule has 0 amide bonds. The fourth-order valence-corrected chi connectivity index (χ4v) is 2.63. The molecule has 2 N–H and O–H groups in total. The third-order valence-corrected chi connectivity index (χ3v) is 3.66. The molecule has 0 unspecified atom stereocenters. The third-order valence-electron chi connectivity index (χ3n) is 3.66. The molecule has 2 rings (SSSR count). The van der Waals surface area contributed by atoms with Crippen LogP contribution in [0.5, 0.6) is 0 Å². The van der Waals surface area contributed by atoms with Crippen molar-refractivity contribution in [1.82, 2.24) is 10.2 Å². The largest absolute Gasteiger partial charge is 0.416 e. The molecular formula is C14H18ClF5N2O. The number of piperazine rings is 1. The number of hydrogen-bond acceptors (Lipinski definition) is 3. The van der Waals surface area contributed by atoms with E-state index in [1.165, 1.54) is 11.0 Å². The lowest BCUT2D eigenvalue weighted by molar-refractivity contribution is -0.138. The minimum atomic E-state index is -4.60. The van der Waals surface area contributed by atoms with Gasteiger partial charge in [0, 0.05) is 26.2 Å². The number of alkyl halides is 5. The summed E-state index contributed by atoms with van der Waals surface area (Å²) in [6, 6.07) is 2.35. The fourth-order valence-electron chi connectivity index (χ4n) is 2.63. The summed E-state index contributed by atoms with van der Waals surface area (Å²) in [5.74, 6) is -3.53. The van der Waals surface area contributed by atoms with Crippen molar-refractivity contribution in [2.45, 2.75) is 18.1 Å². The van der Waals surface area contributed by atoms with Crippen molar-refractivity contribution in [3.63, 3.8) is 0 Å². The van der Waals surface area contributed by atoms with Gasteiger partial charge in [-0.3, -0.25) is 4.90 Å². The quantitative estimate of drug-likeness (QED) is 0.810. The van der Waals surface area contributed by atoms with Crippen LogP contribution in [0.1, 0.15) is 17.2 Å². The molecule has 0 aromatic heterocycles. The molecule has 0 aliphatic carbocycles. The van der Waals surface area contributed by atoms with E-state index in [9.17, 15) is 22.0 Å². The van der Waals surface area contributed by atoms with Crippen LogP contribution in [0.15, 0.2) is 24.3 Å². The first-order valence-electron chi connectivity index (χ1n) is 6.86. The van der Waals surface area contributed by atoms with E-state index in [-0.39, 0.29) is 31.1 Å². The fraction of sp³-hybridized carbons (Fsp3) is 0.571. The maximum atomic E-state index is 14.1. The van der Waals surface area contributed by atoms with E-state index in [1.54, 1.807) is 0 Å². The number of nitrogens with zero attached hydrogens (tertiary/aromatic N) is 1. The van der Waals surface area contributed by atoms with Crippen LogP contribution in [0.2, 0.25) is 0 Å². The molecule has 1 aromatic carbocycles. The van der Waals surface area contributed by atoms with E-state index in [1.807, 2.05) is 0 Å². The Morgan fingerprint density at radius 3 is 2.26 bits per heavy atom. The highest BCUT2D eigenvalue weighted by Gasteiger charge is 2.44. The third kappa shape index (κ3) is 4.76. The smallest absolute Gasteiger partial charge is 0.390 e. The molecule has 132 valence electrons. The highest BCUT2D eigenvalue weighted by atomic mass is 35.5.